The van der Waals surface area contributed by atoms with Crippen LogP contribution in [-0.4, -0.2) is 54.7 Å². The van der Waals surface area contributed by atoms with E-state index in [4.69, 9.17) is 0 Å². The molecule has 0 spiro atoms. The third-order valence-electron chi connectivity index (χ3n) is 2.43. The van der Waals surface area contributed by atoms with Crippen molar-refractivity contribution >= 4 is 17.5 Å². The van der Waals surface area contributed by atoms with Gasteiger partial charge in [-0.2, -0.15) is 0 Å². The van der Waals surface area contributed by atoms with Crippen molar-refractivity contribution in [1.29, 1.82) is 0 Å². The van der Waals surface area contributed by atoms with Gasteiger partial charge in [0.1, 0.15) is 0 Å². The van der Waals surface area contributed by atoms with Crippen molar-refractivity contribution in [2.24, 2.45) is 0 Å². The van der Waals surface area contributed by atoms with Gasteiger partial charge in [-0.1, -0.05) is 0 Å². The van der Waals surface area contributed by atoms with Crippen LogP contribution >= 0.6 is 0 Å². The molecule has 0 saturated carbocycles. The molecule has 1 rings (SSSR count). The molecule has 7 nitrogen and oxygen atoms in total. The van der Waals surface area contributed by atoms with Gasteiger partial charge >= 0.3 is 0 Å². The molecule has 0 heterocycles. The molecule has 2 amide bonds. The number of carbonyl (C=O) groups excluding carboxylic acids is 2. The second kappa shape index (κ2) is 5.47. The van der Waals surface area contributed by atoms with Crippen LogP contribution in [0.4, 0.5) is 5.69 Å². The summed E-state index contributed by atoms with van der Waals surface area (Å²) in [6.45, 7) is 0. The van der Waals surface area contributed by atoms with Crippen molar-refractivity contribution in [1.82, 2.24) is 9.80 Å². The molecule has 102 valence electrons. The zero-order chi connectivity index (χ0) is 14.7. The summed E-state index contributed by atoms with van der Waals surface area (Å²) in [6, 6.07) is 3.68. The normalized spacial score (nSPS) is 9.89. The van der Waals surface area contributed by atoms with Crippen LogP contribution in [0.15, 0.2) is 18.2 Å². The van der Waals surface area contributed by atoms with E-state index in [0.717, 1.165) is 12.1 Å². The molecule has 0 N–H and O–H groups in total. The topological polar surface area (TPSA) is 83.8 Å². The predicted molar refractivity (Wildman–Crippen MR) is 69.1 cm³/mol. The van der Waals surface area contributed by atoms with Crippen LogP contribution in [0, 0.1) is 10.1 Å². The van der Waals surface area contributed by atoms with Crippen LogP contribution in [0.5, 0.6) is 0 Å². The number of benzene rings is 1. The van der Waals surface area contributed by atoms with E-state index >= 15 is 0 Å². The molecular weight excluding hydrogens is 250 g/mol. The van der Waals surface area contributed by atoms with Crippen LogP contribution in [0.1, 0.15) is 20.7 Å². The summed E-state index contributed by atoms with van der Waals surface area (Å²) in [5.74, 6) is -0.784. The molecule has 0 fully saturated rings. The van der Waals surface area contributed by atoms with Crippen molar-refractivity contribution in [2.75, 3.05) is 28.2 Å². The fourth-order valence-electron chi connectivity index (χ4n) is 1.48. The zero-order valence-corrected chi connectivity index (χ0v) is 11.2. The first-order valence-corrected chi connectivity index (χ1v) is 5.47. The highest BCUT2D eigenvalue weighted by Crippen LogP contribution is 2.19. The molecule has 0 aliphatic heterocycles. The maximum Gasteiger partial charge on any atom is 0.271 e. The Bertz CT molecular complexity index is 500. The fourth-order valence-corrected chi connectivity index (χ4v) is 1.48. The molecule has 0 atom stereocenters. The Morgan fingerprint density at radius 1 is 0.947 bits per heavy atom. The Morgan fingerprint density at radius 2 is 1.32 bits per heavy atom. The minimum absolute atomic E-state index is 0.115. The molecule has 0 aromatic heterocycles. The average Bonchev–Trinajstić information content (AvgIpc) is 2.35. The Labute approximate surface area is 110 Å². The van der Waals surface area contributed by atoms with E-state index in [-0.39, 0.29) is 16.8 Å². The van der Waals surface area contributed by atoms with Crippen LogP contribution in [0.3, 0.4) is 0 Å². The van der Waals surface area contributed by atoms with Gasteiger partial charge in [0.05, 0.1) is 4.92 Å². The monoisotopic (exact) mass is 265 g/mol. The van der Waals surface area contributed by atoms with Crippen LogP contribution in [0.2, 0.25) is 0 Å². The quantitative estimate of drug-likeness (QED) is 0.603. The van der Waals surface area contributed by atoms with E-state index in [0.29, 0.717) is 0 Å². The Kier molecular flexibility index (Phi) is 4.21. The van der Waals surface area contributed by atoms with E-state index in [2.05, 4.69) is 0 Å². The molecule has 1 aromatic carbocycles. The third kappa shape index (κ3) is 3.27. The first kappa shape index (κ1) is 14.6. The van der Waals surface area contributed by atoms with E-state index in [1.807, 2.05) is 0 Å². The lowest BCUT2D eigenvalue weighted by atomic mass is 10.1. The lowest BCUT2D eigenvalue weighted by Gasteiger charge is -2.13. The second-order valence-electron chi connectivity index (χ2n) is 4.42. The first-order valence-electron chi connectivity index (χ1n) is 5.47. The van der Waals surface area contributed by atoms with Gasteiger partial charge in [0.15, 0.2) is 0 Å². The number of carbonyl (C=O) groups is 2. The maximum absolute atomic E-state index is 11.8. The maximum atomic E-state index is 11.8. The highest BCUT2D eigenvalue weighted by Gasteiger charge is 2.19. The van der Waals surface area contributed by atoms with E-state index < -0.39 is 16.7 Å². The number of amides is 2. The van der Waals surface area contributed by atoms with Crippen LogP contribution in [0.25, 0.3) is 0 Å². The standard InChI is InChI=1S/C12H15N3O4/c1-13(2)11(16)8-5-9(12(17)14(3)4)7-10(6-8)15(18)19/h5-7H,1-4H3. The largest absolute Gasteiger partial charge is 0.345 e. The number of hydrogen-bond donors (Lipinski definition) is 0. The summed E-state index contributed by atoms with van der Waals surface area (Å²) >= 11 is 0. The molecule has 1 aromatic rings. The van der Waals surface area contributed by atoms with Gasteiger partial charge < -0.3 is 9.80 Å². The second-order valence-corrected chi connectivity index (χ2v) is 4.42. The van der Waals surface area contributed by atoms with E-state index in [1.165, 1.54) is 44.1 Å². The molecule has 0 radical (unpaired) electrons. The predicted octanol–water partition coefficient (Wildman–Crippen LogP) is 0.998. The molecule has 0 unspecified atom stereocenters. The molecule has 19 heavy (non-hydrogen) atoms. The Balaban J connectivity index is 3.38. The minimum atomic E-state index is -0.626. The zero-order valence-electron chi connectivity index (χ0n) is 11.2. The van der Waals surface area contributed by atoms with Gasteiger partial charge in [0.2, 0.25) is 0 Å². The van der Waals surface area contributed by atoms with Gasteiger partial charge in [-0.05, 0) is 6.07 Å². The van der Waals surface area contributed by atoms with Crippen molar-refractivity contribution in [3.63, 3.8) is 0 Å². The summed E-state index contributed by atoms with van der Waals surface area (Å²) < 4.78 is 0. The van der Waals surface area contributed by atoms with Crippen molar-refractivity contribution in [2.45, 2.75) is 0 Å². The molecule has 0 aliphatic rings. The fraction of sp³-hybridized carbons (Fsp3) is 0.333. The minimum Gasteiger partial charge on any atom is -0.345 e. The summed E-state index contributed by atoms with van der Waals surface area (Å²) in [5, 5.41) is 10.8. The first-order chi connectivity index (χ1) is 8.73. The van der Waals surface area contributed by atoms with Gasteiger partial charge in [0, 0.05) is 51.5 Å². The molecule has 0 bridgehead atoms. The van der Waals surface area contributed by atoms with Crippen molar-refractivity contribution in [3.05, 3.63) is 39.4 Å². The molecular formula is C12H15N3O4. The number of non-ortho nitro benzene ring substituents is 1. The van der Waals surface area contributed by atoms with Crippen LogP contribution < -0.4 is 0 Å². The molecule has 0 aliphatic carbocycles. The van der Waals surface area contributed by atoms with Crippen LogP contribution in [-0.2, 0) is 0 Å². The summed E-state index contributed by atoms with van der Waals surface area (Å²) in [7, 11) is 6.15. The van der Waals surface area contributed by atoms with Gasteiger partial charge in [-0.15, -0.1) is 0 Å². The summed E-state index contributed by atoms with van der Waals surface area (Å²) in [5.41, 5.74) is -0.0494. The Morgan fingerprint density at radius 3 is 1.58 bits per heavy atom. The summed E-state index contributed by atoms with van der Waals surface area (Å²) in [4.78, 5) is 36.5. The smallest absolute Gasteiger partial charge is 0.271 e. The van der Waals surface area contributed by atoms with Gasteiger partial charge in [-0.25, -0.2) is 0 Å². The number of rotatable bonds is 3. The van der Waals surface area contributed by atoms with Crippen molar-refractivity contribution < 1.29 is 14.5 Å². The molecule has 7 heteroatoms. The van der Waals surface area contributed by atoms with Crippen molar-refractivity contribution in [3.8, 4) is 0 Å². The third-order valence-corrected chi connectivity index (χ3v) is 2.43. The lowest BCUT2D eigenvalue weighted by molar-refractivity contribution is -0.384. The van der Waals surface area contributed by atoms with E-state index in [9.17, 15) is 19.7 Å². The number of nitro benzene ring substituents is 1. The van der Waals surface area contributed by atoms with Gasteiger partial charge in [0.25, 0.3) is 17.5 Å². The highest BCUT2D eigenvalue weighted by atomic mass is 16.6. The highest BCUT2D eigenvalue weighted by molar-refractivity contribution is 6.00. The summed E-state index contributed by atoms with van der Waals surface area (Å²) in [6.07, 6.45) is 0. The number of nitro groups is 1. The number of nitrogens with zero attached hydrogens (tertiary/aromatic N) is 3. The Hall–Kier alpha value is -2.44. The number of hydrogen-bond acceptors (Lipinski definition) is 4. The van der Waals surface area contributed by atoms with E-state index in [1.54, 1.807) is 0 Å². The average molecular weight is 265 g/mol. The van der Waals surface area contributed by atoms with Gasteiger partial charge in [-0.3, -0.25) is 19.7 Å². The molecule has 0 saturated heterocycles. The lowest BCUT2D eigenvalue weighted by Crippen LogP contribution is -2.24. The SMILES string of the molecule is CN(C)C(=O)c1cc(C(=O)N(C)C)cc([N+](=O)[O-])c1.